The van der Waals surface area contributed by atoms with Crippen LogP contribution in [-0.4, -0.2) is 31.7 Å². The average molecular weight is 289 g/mol. The molecule has 112 valence electrons. The summed E-state index contributed by atoms with van der Waals surface area (Å²) in [5.41, 5.74) is 0.355. The number of amides is 1. The van der Waals surface area contributed by atoms with Crippen molar-refractivity contribution in [2.45, 2.75) is 52.1 Å². The first kappa shape index (κ1) is 13.8. The summed E-state index contributed by atoms with van der Waals surface area (Å²) in [7, 11) is 0. The second kappa shape index (κ2) is 5.31. The van der Waals surface area contributed by atoms with E-state index in [0.29, 0.717) is 23.9 Å². The van der Waals surface area contributed by atoms with E-state index in [-0.39, 0.29) is 11.9 Å². The number of oxazole rings is 1. The zero-order valence-electron chi connectivity index (χ0n) is 12.5. The van der Waals surface area contributed by atoms with E-state index in [4.69, 9.17) is 4.42 Å². The first-order chi connectivity index (χ1) is 10.1. The zero-order chi connectivity index (χ0) is 15.0. The van der Waals surface area contributed by atoms with Crippen molar-refractivity contribution in [2.24, 2.45) is 0 Å². The van der Waals surface area contributed by atoms with Gasteiger partial charge in [-0.3, -0.25) is 4.79 Å². The average Bonchev–Trinajstić information content (AvgIpc) is 3.04. The fourth-order valence-electron chi connectivity index (χ4n) is 2.67. The Morgan fingerprint density at radius 3 is 2.95 bits per heavy atom. The van der Waals surface area contributed by atoms with Crippen molar-refractivity contribution < 1.29 is 9.21 Å². The number of nitrogens with one attached hydrogen (secondary N) is 1. The second-order valence-electron chi connectivity index (χ2n) is 5.71. The molecule has 3 heterocycles. The van der Waals surface area contributed by atoms with E-state index < -0.39 is 0 Å². The molecule has 0 spiro atoms. The van der Waals surface area contributed by atoms with Gasteiger partial charge in [-0.1, -0.05) is 13.8 Å². The van der Waals surface area contributed by atoms with Crippen molar-refractivity contribution in [1.82, 2.24) is 25.1 Å². The van der Waals surface area contributed by atoms with E-state index in [1.807, 2.05) is 0 Å². The van der Waals surface area contributed by atoms with Crippen LogP contribution >= 0.6 is 0 Å². The van der Waals surface area contributed by atoms with Gasteiger partial charge in [0.25, 0.3) is 5.91 Å². The second-order valence-corrected chi connectivity index (χ2v) is 5.71. The quantitative estimate of drug-likeness (QED) is 0.924. The summed E-state index contributed by atoms with van der Waals surface area (Å²) in [6.07, 6.45) is 2.97. The number of aryl methyl sites for hydroxylation is 2. The summed E-state index contributed by atoms with van der Waals surface area (Å²) in [6.45, 7) is 6.63. The van der Waals surface area contributed by atoms with E-state index in [2.05, 4.69) is 38.9 Å². The molecule has 2 aromatic heterocycles. The molecule has 0 radical (unpaired) electrons. The van der Waals surface area contributed by atoms with Gasteiger partial charge in [0.1, 0.15) is 17.4 Å². The highest BCUT2D eigenvalue weighted by Crippen LogP contribution is 2.20. The van der Waals surface area contributed by atoms with Crippen LogP contribution in [0.3, 0.4) is 0 Å². The topological polar surface area (TPSA) is 85.8 Å². The lowest BCUT2D eigenvalue weighted by atomic mass is 10.1. The SMILES string of the molecule is Cc1ocnc1C(=O)N[C@@H]1CCc2nnc(C(C)C)n2C1. The van der Waals surface area contributed by atoms with Crippen LogP contribution in [-0.2, 0) is 13.0 Å². The van der Waals surface area contributed by atoms with Crippen LogP contribution in [0.25, 0.3) is 0 Å². The van der Waals surface area contributed by atoms with Gasteiger partial charge in [0.15, 0.2) is 12.1 Å². The fraction of sp³-hybridized carbons (Fsp3) is 0.571. The maximum absolute atomic E-state index is 12.2. The molecule has 0 unspecified atom stereocenters. The van der Waals surface area contributed by atoms with E-state index in [1.54, 1.807) is 6.92 Å². The minimum atomic E-state index is -0.186. The number of hydrogen-bond acceptors (Lipinski definition) is 5. The van der Waals surface area contributed by atoms with E-state index in [9.17, 15) is 4.79 Å². The molecule has 2 aromatic rings. The predicted molar refractivity (Wildman–Crippen MR) is 74.9 cm³/mol. The van der Waals surface area contributed by atoms with Crippen LogP contribution in [0.4, 0.5) is 0 Å². The Labute approximate surface area is 122 Å². The monoisotopic (exact) mass is 289 g/mol. The molecule has 1 atom stereocenters. The molecule has 21 heavy (non-hydrogen) atoms. The summed E-state index contributed by atoms with van der Waals surface area (Å²) in [4.78, 5) is 16.1. The van der Waals surface area contributed by atoms with Gasteiger partial charge >= 0.3 is 0 Å². The molecular formula is C14H19N5O2. The fourth-order valence-corrected chi connectivity index (χ4v) is 2.67. The summed E-state index contributed by atoms with van der Waals surface area (Å²) in [6, 6.07) is 0.0644. The molecule has 0 fully saturated rings. The number of fused-ring (bicyclic) bond motifs is 1. The Kier molecular flexibility index (Phi) is 3.48. The van der Waals surface area contributed by atoms with Crippen LogP contribution in [0.1, 0.15) is 54.1 Å². The Balaban J connectivity index is 1.73. The van der Waals surface area contributed by atoms with Crippen molar-refractivity contribution in [3.63, 3.8) is 0 Å². The number of nitrogens with zero attached hydrogens (tertiary/aromatic N) is 4. The lowest BCUT2D eigenvalue weighted by molar-refractivity contribution is 0.0921. The normalized spacial score (nSPS) is 17.8. The summed E-state index contributed by atoms with van der Waals surface area (Å²) in [5, 5.41) is 11.5. The van der Waals surface area contributed by atoms with Gasteiger partial charge in [-0.25, -0.2) is 4.98 Å². The highest BCUT2D eigenvalue weighted by atomic mass is 16.3. The molecule has 0 aliphatic carbocycles. The van der Waals surface area contributed by atoms with Crippen molar-refractivity contribution in [3.8, 4) is 0 Å². The molecule has 7 heteroatoms. The largest absolute Gasteiger partial charge is 0.448 e. The van der Waals surface area contributed by atoms with Crippen molar-refractivity contribution >= 4 is 5.91 Å². The molecule has 1 N–H and O–H groups in total. The Hall–Kier alpha value is -2.18. The van der Waals surface area contributed by atoms with Crippen LogP contribution in [0, 0.1) is 6.92 Å². The molecule has 7 nitrogen and oxygen atoms in total. The Morgan fingerprint density at radius 2 is 2.29 bits per heavy atom. The molecule has 1 aliphatic heterocycles. The van der Waals surface area contributed by atoms with Crippen LogP contribution in [0.15, 0.2) is 10.8 Å². The summed E-state index contributed by atoms with van der Waals surface area (Å²) in [5.74, 6) is 2.65. The predicted octanol–water partition coefficient (Wildman–Crippen LogP) is 1.44. The molecule has 0 saturated carbocycles. The lowest BCUT2D eigenvalue weighted by Gasteiger charge is -2.25. The first-order valence-corrected chi connectivity index (χ1v) is 7.19. The smallest absolute Gasteiger partial charge is 0.273 e. The molecule has 0 saturated heterocycles. The summed E-state index contributed by atoms with van der Waals surface area (Å²) < 4.78 is 7.19. The summed E-state index contributed by atoms with van der Waals surface area (Å²) >= 11 is 0. The zero-order valence-corrected chi connectivity index (χ0v) is 12.5. The van der Waals surface area contributed by atoms with Gasteiger partial charge in [0, 0.05) is 24.9 Å². The van der Waals surface area contributed by atoms with Crippen LogP contribution < -0.4 is 5.32 Å². The van der Waals surface area contributed by atoms with Crippen LogP contribution in [0.5, 0.6) is 0 Å². The number of rotatable bonds is 3. The van der Waals surface area contributed by atoms with Gasteiger partial charge in [0.05, 0.1) is 0 Å². The minimum Gasteiger partial charge on any atom is -0.448 e. The lowest BCUT2D eigenvalue weighted by Crippen LogP contribution is -2.41. The molecular weight excluding hydrogens is 270 g/mol. The molecule has 0 aromatic carbocycles. The highest BCUT2D eigenvalue weighted by Gasteiger charge is 2.26. The third kappa shape index (κ3) is 2.55. The third-order valence-corrected chi connectivity index (χ3v) is 3.79. The number of carbonyl (C=O) groups is 1. The van der Waals surface area contributed by atoms with Gasteiger partial charge < -0.3 is 14.3 Å². The number of aromatic nitrogens is 4. The third-order valence-electron chi connectivity index (χ3n) is 3.79. The van der Waals surface area contributed by atoms with Crippen molar-refractivity contribution in [1.29, 1.82) is 0 Å². The van der Waals surface area contributed by atoms with Crippen molar-refractivity contribution in [3.05, 3.63) is 29.5 Å². The van der Waals surface area contributed by atoms with Gasteiger partial charge in [-0.15, -0.1) is 10.2 Å². The molecule has 1 amide bonds. The maximum Gasteiger partial charge on any atom is 0.273 e. The van der Waals surface area contributed by atoms with Gasteiger partial charge in [-0.05, 0) is 13.3 Å². The standard InChI is InChI=1S/C14H19N5O2/c1-8(2)13-18-17-11-5-4-10(6-19(11)13)16-14(20)12-9(3)21-7-15-12/h7-8,10H,4-6H2,1-3H3,(H,16,20)/t10-/m1/s1. The molecule has 1 aliphatic rings. The number of carbonyl (C=O) groups excluding carboxylic acids is 1. The Morgan fingerprint density at radius 1 is 1.48 bits per heavy atom. The van der Waals surface area contributed by atoms with Gasteiger partial charge in [-0.2, -0.15) is 0 Å². The Bertz CT molecular complexity index is 658. The van der Waals surface area contributed by atoms with Gasteiger partial charge in [0.2, 0.25) is 0 Å². The maximum atomic E-state index is 12.2. The number of hydrogen-bond donors (Lipinski definition) is 1. The van der Waals surface area contributed by atoms with Crippen LogP contribution in [0.2, 0.25) is 0 Å². The first-order valence-electron chi connectivity index (χ1n) is 7.19. The van der Waals surface area contributed by atoms with Crippen molar-refractivity contribution in [2.75, 3.05) is 0 Å². The molecule has 3 rings (SSSR count). The van der Waals surface area contributed by atoms with E-state index >= 15 is 0 Å². The minimum absolute atomic E-state index is 0.0644. The van der Waals surface area contributed by atoms with E-state index in [0.717, 1.165) is 24.5 Å². The van der Waals surface area contributed by atoms with E-state index in [1.165, 1.54) is 6.39 Å². The highest BCUT2D eigenvalue weighted by molar-refractivity contribution is 5.93. The molecule has 0 bridgehead atoms.